The zero-order valence-electron chi connectivity index (χ0n) is 8.13. The molecule has 0 unspecified atom stereocenters. The van der Waals surface area contributed by atoms with Crippen molar-refractivity contribution in [2.45, 2.75) is 6.42 Å². The van der Waals surface area contributed by atoms with Crippen LogP contribution in [0.25, 0.3) is 0 Å². The molecule has 0 spiro atoms. The molecular formula is C11H11NO2S. The van der Waals surface area contributed by atoms with E-state index in [1.807, 2.05) is 11.4 Å². The van der Waals surface area contributed by atoms with E-state index in [0.717, 1.165) is 6.42 Å². The highest BCUT2D eigenvalue weighted by molar-refractivity contribution is 7.09. The molecule has 0 atom stereocenters. The predicted molar refractivity (Wildman–Crippen MR) is 60.2 cm³/mol. The van der Waals surface area contributed by atoms with E-state index in [1.54, 1.807) is 29.7 Å². The molecule has 0 saturated carbocycles. The fourth-order valence-corrected chi connectivity index (χ4v) is 1.91. The Kier molecular flexibility index (Phi) is 3.19. The molecule has 4 heteroatoms. The molecule has 0 bridgehead atoms. The fraction of sp³-hybridized carbons (Fsp3) is 0.182. The van der Waals surface area contributed by atoms with Gasteiger partial charge in [-0.2, -0.15) is 4.73 Å². The van der Waals surface area contributed by atoms with Crippen LogP contribution in [0.2, 0.25) is 0 Å². The smallest absolute Gasteiger partial charge is 0.282 e. The molecule has 15 heavy (non-hydrogen) atoms. The van der Waals surface area contributed by atoms with E-state index in [2.05, 4.69) is 6.07 Å². The number of aromatic nitrogens is 1. The second-order valence-corrected chi connectivity index (χ2v) is 4.06. The van der Waals surface area contributed by atoms with Crippen molar-refractivity contribution in [1.82, 2.24) is 4.73 Å². The van der Waals surface area contributed by atoms with E-state index >= 15 is 0 Å². The first-order valence-electron chi connectivity index (χ1n) is 4.69. The van der Waals surface area contributed by atoms with Crippen LogP contribution < -0.4 is 10.4 Å². The maximum atomic E-state index is 11.3. The van der Waals surface area contributed by atoms with E-state index in [0.29, 0.717) is 6.61 Å². The van der Waals surface area contributed by atoms with Gasteiger partial charge in [-0.15, -0.1) is 11.3 Å². The number of hydrogen-bond donors (Lipinski definition) is 0. The lowest BCUT2D eigenvalue weighted by atomic mass is 10.4. The summed E-state index contributed by atoms with van der Waals surface area (Å²) in [5.41, 5.74) is -0.135. The van der Waals surface area contributed by atoms with Gasteiger partial charge in [-0.05, 0) is 17.5 Å². The molecule has 0 aliphatic heterocycles. The molecule has 78 valence electrons. The first-order valence-corrected chi connectivity index (χ1v) is 5.57. The zero-order valence-corrected chi connectivity index (χ0v) is 8.94. The fourth-order valence-electron chi connectivity index (χ4n) is 1.22. The second-order valence-electron chi connectivity index (χ2n) is 3.03. The van der Waals surface area contributed by atoms with Crippen molar-refractivity contribution in [3.63, 3.8) is 0 Å². The molecule has 0 aliphatic carbocycles. The molecule has 0 N–H and O–H groups in total. The molecule has 0 saturated heterocycles. The normalized spacial score (nSPS) is 10.1. The molecule has 0 amide bonds. The standard InChI is InChI=1S/C11H11NO2S/c13-11-5-1-2-7-12(11)14-8-6-10-4-3-9-15-10/h1-5,7,9H,6,8H2. The van der Waals surface area contributed by atoms with Gasteiger partial charge >= 0.3 is 0 Å². The first-order chi connectivity index (χ1) is 7.36. The summed E-state index contributed by atoms with van der Waals surface area (Å²) in [5, 5.41) is 2.03. The largest absolute Gasteiger partial charge is 0.410 e. The number of hydrogen-bond acceptors (Lipinski definition) is 3. The molecule has 0 aliphatic rings. The van der Waals surface area contributed by atoms with Crippen molar-refractivity contribution in [2.75, 3.05) is 6.61 Å². The van der Waals surface area contributed by atoms with E-state index in [9.17, 15) is 4.79 Å². The summed E-state index contributed by atoms with van der Waals surface area (Å²) in [5.74, 6) is 0. The van der Waals surface area contributed by atoms with E-state index < -0.39 is 0 Å². The maximum absolute atomic E-state index is 11.3. The number of rotatable bonds is 4. The summed E-state index contributed by atoms with van der Waals surface area (Å²) < 4.78 is 1.26. The van der Waals surface area contributed by atoms with Crippen molar-refractivity contribution in [2.24, 2.45) is 0 Å². The Morgan fingerprint density at radius 3 is 2.93 bits per heavy atom. The third-order valence-corrected chi connectivity index (χ3v) is 2.88. The lowest BCUT2D eigenvalue weighted by Gasteiger charge is -2.06. The highest BCUT2D eigenvalue weighted by atomic mass is 32.1. The minimum absolute atomic E-state index is 0.135. The molecular weight excluding hydrogens is 210 g/mol. The van der Waals surface area contributed by atoms with Crippen molar-refractivity contribution >= 4 is 11.3 Å². The van der Waals surface area contributed by atoms with Crippen LogP contribution in [0.5, 0.6) is 0 Å². The van der Waals surface area contributed by atoms with Crippen LogP contribution in [0.1, 0.15) is 4.88 Å². The van der Waals surface area contributed by atoms with Crippen LogP contribution in [0, 0.1) is 0 Å². The molecule has 0 radical (unpaired) electrons. The summed E-state index contributed by atoms with van der Waals surface area (Å²) in [6, 6.07) is 9.01. The van der Waals surface area contributed by atoms with Crippen LogP contribution in [-0.4, -0.2) is 11.3 Å². The number of nitrogens with zero attached hydrogens (tertiary/aromatic N) is 1. The van der Waals surface area contributed by atoms with Crippen LogP contribution in [-0.2, 0) is 6.42 Å². The lowest BCUT2D eigenvalue weighted by Crippen LogP contribution is -2.26. The molecule has 2 heterocycles. The highest BCUT2D eigenvalue weighted by Gasteiger charge is 1.96. The topological polar surface area (TPSA) is 31.2 Å². The molecule has 0 fully saturated rings. The zero-order chi connectivity index (χ0) is 10.5. The maximum Gasteiger partial charge on any atom is 0.282 e. The molecule has 2 aromatic heterocycles. The lowest BCUT2D eigenvalue weighted by molar-refractivity contribution is 0.105. The summed E-state index contributed by atoms with van der Waals surface area (Å²) in [6.07, 6.45) is 2.45. The molecule has 2 aromatic rings. The second kappa shape index (κ2) is 4.79. The molecule has 0 aromatic carbocycles. The van der Waals surface area contributed by atoms with Gasteiger partial charge in [0.1, 0.15) is 6.61 Å². The van der Waals surface area contributed by atoms with Gasteiger partial charge in [-0.1, -0.05) is 12.1 Å². The van der Waals surface area contributed by atoms with Crippen molar-refractivity contribution in [1.29, 1.82) is 0 Å². The third kappa shape index (κ3) is 2.70. The van der Waals surface area contributed by atoms with Gasteiger partial charge in [0.25, 0.3) is 5.56 Å². The summed E-state index contributed by atoms with van der Waals surface area (Å²) >= 11 is 1.69. The average molecular weight is 221 g/mol. The molecule has 3 nitrogen and oxygen atoms in total. The average Bonchev–Trinajstić information content (AvgIpc) is 2.74. The van der Waals surface area contributed by atoms with Crippen LogP contribution in [0.15, 0.2) is 46.7 Å². The minimum Gasteiger partial charge on any atom is -0.410 e. The number of thiophene rings is 1. The van der Waals surface area contributed by atoms with Crippen LogP contribution in [0.4, 0.5) is 0 Å². The van der Waals surface area contributed by atoms with Crippen molar-refractivity contribution in [3.8, 4) is 0 Å². The SMILES string of the molecule is O=c1ccccn1OCCc1cccs1. The Balaban J connectivity index is 1.89. The molecule has 2 rings (SSSR count). The first kappa shape index (κ1) is 9.98. The Hall–Kier alpha value is -1.55. The summed E-state index contributed by atoms with van der Waals surface area (Å²) in [4.78, 5) is 17.8. The quantitative estimate of drug-likeness (QED) is 0.785. The van der Waals surface area contributed by atoms with Gasteiger partial charge in [0.05, 0.1) is 0 Å². The Bertz CT molecular complexity index is 461. The summed E-state index contributed by atoms with van der Waals surface area (Å²) in [7, 11) is 0. The van der Waals surface area contributed by atoms with Crippen molar-refractivity contribution in [3.05, 3.63) is 57.1 Å². The Labute approximate surface area is 91.5 Å². The van der Waals surface area contributed by atoms with Crippen LogP contribution in [0.3, 0.4) is 0 Å². The van der Waals surface area contributed by atoms with Gasteiger partial charge in [-0.3, -0.25) is 4.79 Å². The van der Waals surface area contributed by atoms with E-state index in [4.69, 9.17) is 4.84 Å². The van der Waals surface area contributed by atoms with Crippen molar-refractivity contribution < 1.29 is 4.84 Å². The van der Waals surface area contributed by atoms with Gasteiger partial charge in [0.15, 0.2) is 0 Å². The third-order valence-electron chi connectivity index (χ3n) is 1.95. The van der Waals surface area contributed by atoms with Gasteiger partial charge in [0.2, 0.25) is 0 Å². The van der Waals surface area contributed by atoms with Gasteiger partial charge in [-0.25, -0.2) is 0 Å². The summed E-state index contributed by atoms with van der Waals surface area (Å²) in [6.45, 7) is 0.518. The Morgan fingerprint density at radius 1 is 1.27 bits per heavy atom. The Morgan fingerprint density at radius 2 is 2.20 bits per heavy atom. The number of pyridine rings is 1. The van der Waals surface area contributed by atoms with E-state index in [1.165, 1.54) is 15.7 Å². The van der Waals surface area contributed by atoms with Gasteiger partial charge < -0.3 is 4.84 Å². The predicted octanol–water partition coefficient (Wildman–Crippen LogP) is 1.58. The monoisotopic (exact) mass is 221 g/mol. The minimum atomic E-state index is -0.135. The van der Waals surface area contributed by atoms with E-state index in [-0.39, 0.29) is 5.56 Å². The van der Waals surface area contributed by atoms with Crippen LogP contribution >= 0.6 is 11.3 Å². The highest BCUT2D eigenvalue weighted by Crippen LogP contribution is 2.08. The van der Waals surface area contributed by atoms with Gasteiger partial charge in [0, 0.05) is 23.6 Å².